The van der Waals surface area contributed by atoms with Gasteiger partial charge in [0, 0.05) is 32.0 Å². The molecule has 0 bridgehead atoms. The highest BCUT2D eigenvalue weighted by molar-refractivity contribution is 7.92. The fraction of sp³-hybridized carbons (Fsp3) is 0.350. The number of hydroxylamine groups is 1. The maximum Gasteiger partial charge on any atom is 0.409 e. The zero-order valence-corrected chi connectivity index (χ0v) is 29.8. The number of hydrogen-bond acceptors (Lipinski definition) is 9. The summed E-state index contributed by atoms with van der Waals surface area (Å²) in [6.45, 7) is 0.614. The normalized spacial score (nSPS) is 20.9. The molecule has 1 aliphatic carbocycles. The molecule has 4 aromatic carbocycles. The van der Waals surface area contributed by atoms with Gasteiger partial charge in [-0.25, -0.2) is 23.5 Å². The third kappa shape index (κ3) is 7.37. The highest BCUT2D eigenvalue weighted by Crippen LogP contribution is 2.45. The van der Waals surface area contributed by atoms with E-state index < -0.39 is 39.3 Å². The molecule has 2 fully saturated rings. The van der Waals surface area contributed by atoms with Gasteiger partial charge in [-0.1, -0.05) is 60.7 Å². The molecule has 2 aliphatic heterocycles. The second-order valence-corrected chi connectivity index (χ2v) is 15.7. The third-order valence-electron chi connectivity index (χ3n) is 10.2. The number of nitrogens with one attached hydrogen (secondary N) is 1. The summed E-state index contributed by atoms with van der Waals surface area (Å²) in [6, 6.07) is 29.9. The standard InChI is InChI=1S/C40H42N2O9S/c1-47-29-17-19-31(20-18-29)50-30-15-13-28(14-16-30)40(26-37(43)41-51-38-12-6-7-24-48-38)21-22-42(23-25-52(40,45)46)39(44)49-27-36-34-10-4-2-8-32(34)33-9-3-5-11-35(33)36/h2-5,8-11,13-20,36,38H,6-7,12,21-27H2,1H3,(H,41,43). The molecule has 2 saturated heterocycles. The number of fused-ring (bicyclic) bond motifs is 3. The summed E-state index contributed by atoms with van der Waals surface area (Å²) in [7, 11) is -2.44. The first-order valence-electron chi connectivity index (χ1n) is 17.6. The smallest absolute Gasteiger partial charge is 0.409 e. The zero-order chi connectivity index (χ0) is 36.1. The van der Waals surface area contributed by atoms with Gasteiger partial charge < -0.3 is 23.8 Å². The van der Waals surface area contributed by atoms with Crippen molar-refractivity contribution in [3.63, 3.8) is 0 Å². The minimum atomic E-state index is -4.02. The van der Waals surface area contributed by atoms with Gasteiger partial charge in [-0.2, -0.15) is 0 Å². The molecule has 2 amide bonds. The molecule has 7 rings (SSSR count). The van der Waals surface area contributed by atoms with E-state index in [2.05, 4.69) is 17.6 Å². The van der Waals surface area contributed by atoms with E-state index in [1.165, 1.54) is 4.90 Å². The van der Waals surface area contributed by atoms with E-state index in [0.717, 1.165) is 35.1 Å². The molecule has 11 nitrogen and oxygen atoms in total. The first-order valence-corrected chi connectivity index (χ1v) is 19.2. The Hall–Kier alpha value is -4.91. The summed E-state index contributed by atoms with van der Waals surface area (Å²) < 4.78 is 49.7. The summed E-state index contributed by atoms with van der Waals surface area (Å²) in [5.74, 6) is 0.643. The molecule has 0 aromatic heterocycles. The van der Waals surface area contributed by atoms with Crippen LogP contribution in [0.2, 0.25) is 0 Å². The molecule has 0 saturated carbocycles. The number of hydrogen-bond donors (Lipinski definition) is 1. The quantitative estimate of drug-likeness (QED) is 0.177. The Balaban J connectivity index is 1.10. The van der Waals surface area contributed by atoms with Crippen LogP contribution in [0, 0.1) is 0 Å². The lowest BCUT2D eigenvalue weighted by Crippen LogP contribution is -2.43. The number of benzene rings is 4. The number of ether oxygens (including phenoxy) is 4. The van der Waals surface area contributed by atoms with Crippen LogP contribution >= 0.6 is 0 Å². The number of rotatable bonds is 10. The molecule has 4 aromatic rings. The average molecular weight is 727 g/mol. The van der Waals surface area contributed by atoms with E-state index in [1.54, 1.807) is 55.6 Å². The van der Waals surface area contributed by atoms with Crippen LogP contribution in [0.25, 0.3) is 11.1 Å². The van der Waals surface area contributed by atoms with Crippen molar-refractivity contribution >= 4 is 21.8 Å². The van der Waals surface area contributed by atoms with Gasteiger partial charge in [-0.3, -0.25) is 4.79 Å². The van der Waals surface area contributed by atoms with Crippen molar-refractivity contribution in [2.75, 3.05) is 39.2 Å². The second-order valence-electron chi connectivity index (χ2n) is 13.3. The van der Waals surface area contributed by atoms with Crippen molar-refractivity contribution in [1.29, 1.82) is 0 Å². The van der Waals surface area contributed by atoms with E-state index in [0.29, 0.717) is 35.8 Å². The Bertz CT molecular complexity index is 1950. The van der Waals surface area contributed by atoms with Crippen molar-refractivity contribution in [2.45, 2.75) is 49.1 Å². The molecule has 2 heterocycles. The molecule has 2 unspecified atom stereocenters. The molecule has 272 valence electrons. The van der Waals surface area contributed by atoms with Gasteiger partial charge >= 0.3 is 6.09 Å². The van der Waals surface area contributed by atoms with E-state index in [1.807, 2.05) is 36.4 Å². The molecular weight excluding hydrogens is 685 g/mol. The van der Waals surface area contributed by atoms with Crippen LogP contribution in [-0.2, 0) is 33.7 Å². The Labute approximate surface area is 303 Å². The van der Waals surface area contributed by atoms with Crippen LogP contribution in [0.4, 0.5) is 4.79 Å². The van der Waals surface area contributed by atoms with E-state index in [4.69, 9.17) is 23.8 Å². The van der Waals surface area contributed by atoms with E-state index >= 15 is 0 Å². The molecular formula is C40H42N2O9S. The number of carbonyl (C=O) groups is 2. The van der Waals surface area contributed by atoms with Crippen molar-refractivity contribution in [3.8, 4) is 28.4 Å². The summed E-state index contributed by atoms with van der Waals surface area (Å²) in [5.41, 5.74) is 7.24. The topological polar surface area (TPSA) is 130 Å². The van der Waals surface area contributed by atoms with Gasteiger partial charge in [0.15, 0.2) is 16.1 Å². The maximum atomic E-state index is 14.3. The molecule has 0 radical (unpaired) electrons. The van der Waals surface area contributed by atoms with Gasteiger partial charge in [-0.15, -0.1) is 0 Å². The molecule has 12 heteroatoms. The number of methoxy groups -OCH3 is 1. The minimum Gasteiger partial charge on any atom is -0.497 e. The third-order valence-corrected chi connectivity index (χ3v) is 12.7. The molecule has 3 aliphatic rings. The van der Waals surface area contributed by atoms with Gasteiger partial charge in [0.1, 0.15) is 28.6 Å². The van der Waals surface area contributed by atoms with Crippen molar-refractivity contribution in [2.24, 2.45) is 0 Å². The molecule has 52 heavy (non-hydrogen) atoms. The van der Waals surface area contributed by atoms with E-state index in [9.17, 15) is 18.0 Å². The van der Waals surface area contributed by atoms with Crippen molar-refractivity contribution in [1.82, 2.24) is 10.4 Å². The lowest BCUT2D eigenvalue weighted by molar-refractivity contribution is -0.200. The van der Waals surface area contributed by atoms with Gasteiger partial charge in [-0.05, 0) is 83.5 Å². The summed E-state index contributed by atoms with van der Waals surface area (Å²) in [4.78, 5) is 34.0. The van der Waals surface area contributed by atoms with Crippen molar-refractivity contribution in [3.05, 3.63) is 114 Å². The van der Waals surface area contributed by atoms with Crippen LogP contribution in [0.3, 0.4) is 0 Å². The zero-order valence-electron chi connectivity index (χ0n) is 29.0. The van der Waals surface area contributed by atoms with Gasteiger partial charge in [0.2, 0.25) is 5.91 Å². The van der Waals surface area contributed by atoms with Gasteiger partial charge in [0.25, 0.3) is 0 Å². The Morgan fingerprint density at radius 3 is 2.12 bits per heavy atom. The summed E-state index contributed by atoms with van der Waals surface area (Å²) in [5, 5.41) is 0. The van der Waals surface area contributed by atoms with Crippen molar-refractivity contribution < 1.29 is 41.8 Å². The fourth-order valence-electron chi connectivity index (χ4n) is 7.34. The Morgan fingerprint density at radius 1 is 0.846 bits per heavy atom. The Morgan fingerprint density at radius 2 is 1.48 bits per heavy atom. The lowest BCUT2D eigenvalue weighted by atomic mass is 9.90. The number of carbonyl (C=O) groups excluding carboxylic acids is 2. The van der Waals surface area contributed by atoms with Gasteiger partial charge in [0.05, 0.1) is 19.3 Å². The Kier molecular flexibility index (Phi) is 10.5. The molecule has 2 atom stereocenters. The highest BCUT2D eigenvalue weighted by atomic mass is 32.2. The van der Waals surface area contributed by atoms with E-state index in [-0.39, 0.29) is 37.8 Å². The summed E-state index contributed by atoms with van der Waals surface area (Å²) >= 11 is 0. The first kappa shape index (κ1) is 35.5. The largest absolute Gasteiger partial charge is 0.497 e. The molecule has 0 spiro atoms. The van der Waals surface area contributed by atoms with Crippen LogP contribution in [0.1, 0.15) is 54.7 Å². The number of amides is 2. The van der Waals surface area contributed by atoms with Crippen LogP contribution in [-0.4, -0.2) is 70.8 Å². The van der Waals surface area contributed by atoms with Crippen LogP contribution < -0.4 is 15.0 Å². The maximum absolute atomic E-state index is 14.3. The highest BCUT2D eigenvalue weighted by Gasteiger charge is 2.49. The predicted molar refractivity (Wildman–Crippen MR) is 194 cm³/mol. The van der Waals surface area contributed by atoms with Crippen LogP contribution in [0.5, 0.6) is 17.2 Å². The predicted octanol–water partition coefficient (Wildman–Crippen LogP) is 6.72. The number of nitrogens with zero attached hydrogens (tertiary/aromatic N) is 1. The summed E-state index contributed by atoms with van der Waals surface area (Å²) in [6.07, 6.45) is 0.777. The first-order chi connectivity index (χ1) is 25.3. The minimum absolute atomic E-state index is 0.0361. The fourth-order valence-corrected chi connectivity index (χ4v) is 9.44. The molecule has 1 N–H and O–H groups in total. The SMILES string of the molecule is COc1ccc(Oc2ccc(C3(CC(=O)NOC4CCCCO4)CCN(C(=O)OCC4c5ccccc5-c5ccccc54)CCS3(=O)=O)cc2)cc1. The lowest BCUT2D eigenvalue weighted by Gasteiger charge is -2.32. The second kappa shape index (κ2) is 15.4. The monoisotopic (exact) mass is 726 g/mol. The van der Waals surface area contributed by atoms with Crippen LogP contribution in [0.15, 0.2) is 97.1 Å². The number of sulfone groups is 1. The average Bonchev–Trinajstić information content (AvgIpc) is 3.42.